The van der Waals surface area contributed by atoms with Crippen molar-refractivity contribution in [2.45, 2.75) is 46.6 Å². The first-order valence-electron chi connectivity index (χ1n) is 6.90. The molecule has 1 unspecified atom stereocenters. The number of nitrogen functional groups attached to an aromatic ring is 1. The number of hydrogen-bond acceptors (Lipinski definition) is 2. The number of fused-ring (bicyclic) bond motifs is 1. The van der Waals surface area contributed by atoms with Crippen LogP contribution < -0.4 is 5.73 Å². The minimum Gasteiger partial charge on any atom is -0.399 e. The largest absolute Gasteiger partial charge is 0.399 e. The number of rotatable bonds is 5. The van der Waals surface area contributed by atoms with Gasteiger partial charge in [-0.1, -0.05) is 27.2 Å². The lowest BCUT2D eigenvalue weighted by Crippen LogP contribution is -2.10. The van der Waals surface area contributed by atoms with E-state index in [0.717, 1.165) is 30.6 Å². The molecule has 2 rings (SSSR count). The maximum Gasteiger partial charge on any atom is 0.109 e. The van der Waals surface area contributed by atoms with Crippen molar-refractivity contribution >= 4 is 16.7 Å². The molecule has 0 saturated carbocycles. The van der Waals surface area contributed by atoms with E-state index in [-0.39, 0.29) is 0 Å². The Labute approximate surface area is 109 Å². The van der Waals surface area contributed by atoms with Crippen molar-refractivity contribution < 1.29 is 0 Å². The van der Waals surface area contributed by atoms with Crippen LogP contribution in [0.4, 0.5) is 5.69 Å². The Bertz CT molecular complexity index is 528. The fourth-order valence-corrected chi connectivity index (χ4v) is 2.26. The molecule has 98 valence electrons. The van der Waals surface area contributed by atoms with E-state index >= 15 is 0 Å². The van der Waals surface area contributed by atoms with Gasteiger partial charge in [-0.3, -0.25) is 0 Å². The SMILES string of the molecule is CCCc1nc2cc(N)ccc2n1CC(C)CC. The molecule has 3 nitrogen and oxygen atoms in total. The van der Waals surface area contributed by atoms with E-state index in [2.05, 4.69) is 31.4 Å². The van der Waals surface area contributed by atoms with E-state index in [1.54, 1.807) is 0 Å². The summed E-state index contributed by atoms with van der Waals surface area (Å²) >= 11 is 0. The number of benzene rings is 1. The summed E-state index contributed by atoms with van der Waals surface area (Å²) in [7, 11) is 0. The van der Waals surface area contributed by atoms with E-state index < -0.39 is 0 Å². The van der Waals surface area contributed by atoms with Gasteiger partial charge >= 0.3 is 0 Å². The molecule has 0 spiro atoms. The molecule has 3 heteroatoms. The molecule has 1 aromatic heterocycles. The van der Waals surface area contributed by atoms with Crippen molar-refractivity contribution in [2.75, 3.05) is 5.73 Å². The summed E-state index contributed by atoms with van der Waals surface area (Å²) in [5, 5.41) is 0. The molecule has 0 fully saturated rings. The number of hydrogen-bond donors (Lipinski definition) is 1. The minimum absolute atomic E-state index is 0.676. The van der Waals surface area contributed by atoms with Crippen LogP contribution in [0.15, 0.2) is 18.2 Å². The van der Waals surface area contributed by atoms with Crippen molar-refractivity contribution in [1.82, 2.24) is 9.55 Å². The fourth-order valence-electron chi connectivity index (χ4n) is 2.26. The predicted octanol–water partition coefficient (Wildman–Crippen LogP) is 3.62. The van der Waals surface area contributed by atoms with Gasteiger partial charge in [-0.2, -0.15) is 0 Å². The van der Waals surface area contributed by atoms with E-state index in [0.29, 0.717) is 5.92 Å². The number of aryl methyl sites for hydroxylation is 1. The summed E-state index contributed by atoms with van der Waals surface area (Å²) < 4.78 is 2.37. The van der Waals surface area contributed by atoms with Crippen LogP contribution in [0.3, 0.4) is 0 Å². The summed E-state index contributed by atoms with van der Waals surface area (Å²) in [6, 6.07) is 6.04. The summed E-state index contributed by atoms with van der Waals surface area (Å²) in [6.45, 7) is 7.77. The summed E-state index contributed by atoms with van der Waals surface area (Å²) in [5.74, 6) is 1.87. The van der Waals surface area contributed by atoms with Gasteiger partial charge in [0.2, 0.25) is 0 Å². The topological polar surface area (TPSA) is 43.8 Å². The van der Waals surface area contributed by atoms with Crippen LogP contribution in [-0.4, -0.2) is 9.55 Å². The zero-order valence-electron chi connectivity index (χ0n) is 11.6. The second kappa shape index (κ2) is 5.42. The lowest BCUT2D eigenvalue weighted by atomic mass is 10.1. The monoisotopic (exact) mass is 245 g/mol. The fraction of sp³-hybridized carbons (Fsp3) is 0.533. The molecule has 18 heavy (non-hydrogen) atoms. The van der Waals surface area contributed by atoms with Crippen molar-refractivity contribution in [1.29, 1.82) is 0 Å². The Morgan fingerprint density at radius 2 is 2.11 bits per heavy atom. The average Bonchev–Trinajstić information content (AvgIpc) is 2.67. The Morgan fingerprint density at radius 1 is 1.33 bits per heavy atom. The lowest BCUT2D eigenvalue weighted by molar-refractivity contribution is 0.464. The number of anilines is 1. The third kappa shape index (κ3) is 2.50. The average molecular weight is 245 g/mol. The maximum absolute atomic E-state index is 5.84. The third-order valence-electron chi connectivity index (χ3n) is 3.52. The Morgan fingerprint density at radius 3 is 2.78 bits per heavy atom. The smallest absolute Gasteiger partial charge is 0.109 e. The summed E-state index contributed by atoms with van der Waals surface area (Å²) in [4.78, 5) is 4.73. The van der Waals surface area contributed by atoms with Crippen molar-refractivity contribution in [2.24, 2.45) is 5.92 Å². The predicted molar refractivity (Wildman–Crippen MR) is 77.6 cm³/mol. The third-order valence-corrected chi connectivity index (χ3v) is 3.52. The van der Waals surface area contributed by atoms with Crippen molar-refractivity contribution in [3.63, 3.8) is 0 Å². The number of imidazole rings is 1. The maximum atomic E-state index is 5.84. The van der Waals surface area contributed by atoms with Crippen LogP contribution in [-0.2, 0) is 13.0 Å². The lowest BCUT2D eigenvalue weighted by Gasteiger charge is -2.13. The van der Waals surface area contributed by atoms with Gasteiger partial charge in [-0.15, -0.1) is 0 Å². The van der Waals surface area contributed by atoms with Crippen LogP contribution in [0.2, 0.25) is 0 Å². The molecular weight excluding hydrogens is 222 g/mol. The van der Waals surface area contributed by atoms with E-state index in [4.69, 9.17) is 10.7 Å². The van der Waals surface area contributed by atoms with Gasteiger partial charge in [-0.05, 0) is 30.5 Å². The Kier molecular flexibility index (Phi) is 3.90. The van der Waals surface area contributed by atoms with E-state index in [1.165, 1.54) is 17.8 Å². The van der Waals surface area contributed by atoms with Crippen LogP contribution in [0.5, 0.6) is 0 Å². The molecular formula is C15H23N3. The van der Waals surface area contributed by atoms with Gasteiger partial charge in [0.05, 0.1) is 11.0 Å². The van der Waals surface area contributed by atoms with Gasteiger partial charge in [0, 0.05) is 18.7 Å². The highest BCUT2D eigenvalue weighted by molar-refractivity contribution is 5.79. The van der Waals surface area contributed by atoms with Gasteiger partial charge in [0.1, 0.15) is 5.82 Å². The zero-order chi connectivity index (χ0) is 13.1. The van der Waals surface area contributed by atoms with Crippen LogP contribution in [0, 0.1) is 5.92 Å². The number of nitrogens with zero attached hydrogens (tertiary/aromatic N) is 2. The molecule has 1 atom stereocenters. The molecule has 0 aliphatic heterocycles. The zero-order valence-corrected chi connectivity index (χ0v) is 11.6. The molecule has 2 aromatic rings. The van der Waals surface area contributed by atoms with Gasteiger partial charge < -0.3 is 10.3 Å². The quantitative estimate of drug-likeness (QED) is 0.818. The van der Waals surface area contributed by atoms with Crippen LogP contribution in [0.25, 0.3) is 11.0 Å². The minimum atomic E-state index is 0.676. The molecule has 0 bridgehead atoms. The molecule has 0 radical (unpaired) electrons. The highest BCUT2D eigenvalue weighted by Gasteiger charge is 2.12. The number of aromatic nitrogens is 2. The van der Waals surface area contributed by atoms with E-state index in [9.17, 15) is 0 Å². The molecule has 1 heterocycles. The normalized spacial score (nSPS) is 13.1. The van der Waals surface area contributed by atoms with E-state index in [1.807, 2.05) is 12.1 Å². The molecule has 1 aromatic carbocycles. The molecule has 2 N–H and O–H groups in total. The highest BCUT2D eigenvalue weighted by atomic mass is 15.1. The first kappa shape index (κ1) is 12.9. The number of nitrogens with two attached hydrogens (primary N) is 1. The molecule has 0 aliphatic rings. The first-order chi connectivity index (χ1) is 8.65. The van der Waals surface area contributed by atoms with Crippen molar-refractivity contribution in [3.05, 3.63) is 24.0 Å². The van der Waals surface area contributed by atoms with Crippen LogP contribution in [0.1, 0.15) is 39.4 Å². The Hall–Kier alpha value is -1.51. The Balaban J connectivity index is 2.48. The van der Waals surface area contributed by atoms with Crippen molar-refractivity contribution in [3.8, 4) is 0 Å². The molecule has 0 amide bonds. The van der Waals surface area contributed by atoms with Gasteiger partial charge in [0.15, 0.2) is 0 Å². The second-order valence-electron chi connectivity index (χ2n) is 5.15. The standard InChI is InChI=1S/C15H23N3/c1-4-6-15-17-13-9-12(16)7-8-14(13)18(15)10-11(3)5-2/h7-9,11H,4-6,10,16H2,1-3H3. The van der Waals surface area contributed by atoms with Crippen LogP contribution >= 0.6 is 0 Å². The first-order valence-corrected chi connectivity index (χ1v) is 6.90. The van der Waals surface area contributed by atoms with Gasteiger partial charge in [0.25, 0.3) is 0 Å². The molecule has 0 aliphatic carbocycles. The molecule has 0 saturated heterocycles. The van der Waals surface area contributed by atoms with Gasteiger partial charge in [-0.25, -0.2) is 4.98 Å². The second-order valence-corrected chi connectivity index (χ2v) is 5.15. The highest BCUT2D eigenvalue weighted by Crippen LogP contribution is 2.21. The summed E-state index contributed by atoms with van der Waals surface area (Å²) in [6.07, 6.45) is 3.35. The summed E-state index contributed by atoms with van der Waals surface area (Å²) in [5.41, 5.74) is 8.87.